The highest BCUT2D eigenvalue weighted by atomic mass is 79.9. The lowest BCUT2D eigenvalue weighted by atomic mass is 10.2. The molecule has 0 saturated carbocycles. The van der Waals surface area contributed by atoms with Crippen molar-refractivity contribution in [1.29, 1.82) is 0 Å². The Bertz CT molecular complexity index is 599. The zero-order chi connectivity index (χ0) is 13.8. The van der Waals surface area contributed by atoms with Crippen LogP contribution in [0.5, 0.6) is 5.75 Å². The van der Waals surface area contributed by atoms with Crippen molar-refractivity contribution in [2.45, 2.75) is 6.61 Å². The monoisotopic (exact) mass is 399 g/mol. The molecule has 2 aromatic rings. The summed E-state index contributed by atoms with van der Waals surface area (Å²) >= 11 is 11.9. The van der Waals surface area contributed by atoms with Crippen LogP contribution in [0.4, 0.5) is 0 Å². The normalized spacial score (nSPS) is 10.2. The molecular weight excluding hydrogens is 390 g/mol. The van der Waals surface area contributed by atoms with E-state index in [1.807, 2.05) is 42.5 Å². The molecule has 0 unspecified atom stereocenters. The summed E-state index contributed by atoms with van der Waals surface area (Å²) in [5, 5.41) is 0. The molecule has 98 valence electrons. The van der Waals surface area contributed by atoms with E-state index in [0.717, 1.165) is 20.1 Å². The molecule has 0 aliphatic carbocycles. The van der Waals surface area contributed by atoms with E-state index in [2.05, 4.69) is 31.9 Å². The average molecular weight is 401 g/mol. The molecule has 19 heavy (non-hydrogen) atoms. The highest BCUT2D eigenvalue weighted by molar-refractivity contribution is 9.10. The molecule has 0 aliphatic heterocycles. The Morgan fingerprint density at radius 3 is 2.42 bits per heavy atom. The summed E-state index contributed by atoms with van der Waals surface area (Å²) in [4.78, 5) is 0.318. The van der Waals surface area contributed by atoms with Crippen LogP contribution in [0.3, 0.4) is 0 Å². The second kappa shape index (κ2) is 6.50. The van der Waals surface area contributed by atoms with Crippen molar-refractivity contribution in [3.8, 4) is 5.75 Å². The highest BCUT2D eigenvalue weighted by Gasteiger charge is 2.10. The van der Waals surface area contributed by atoms with Gasteiger partial charge in [0.25, 0.3) is 0 Å². The van der Waals surface area contributed by atoms with Gasteiger partial charge in [-0.1, -0.05) is 46.3 Å². The minimum atomic E-state index is 0.318. The standard InChI is InChI=1S/C14H11Br2NOS/c15-10-6-4-9(5-7-10)8-18-12-3-1-2-11(16)13(12)14(17)19/h1-7H,8H2,(H2,17,19). The van der Waals surface area contributed by atoms with Gasteiger partial charge in [0.05, 0.1) is 5.56 Å². The van der Waals surface area contributed by atoms with E-state index in [1.54, 1.807) is 0 Å². The molecule has 2 nitrogen and oxygen atoms in total. The van der Waals surface area contributed by atoms with Gasteiger partial charge in [0, 0.05) is 8.95 Å². The molecule has 0 spiro atoms. The molecule has 2 N–H and O–H groups in total. The molecule has 0 atom stereocenters. The number of benzene rings is 2. The van der Waals surface area contributed by atoms with Crippen molar-refractivity contribution < 1.29 is 4.74 Å². The van der Waals surface area contributed by atoms with E-state index in [0.29, 0.717) is 17.3 Å². The summed E-state index contributed by atoms with van der Waals surface area (Å²) in [6, 6.07) is 13.6. The van der Waals surface area contributed by atoms with E-state index in [9.17, 15) is 0 Å². The molecule has 0 fully saturated rings. The fourth-order valence-corrected chi connectivity index (χ4v) is 2.77. The van der Waals surface area contributed by atoms with Crippen molar-refractivity contribution in [2.75, 3.05) is 0 Å². The number of ether oxygens (including phenoxy) is 1. The van der Waals surface area contributed by atoms with Gasteiger partial charge in [0.1, 0.15) is 17.3 Å². The van der Waals surface area contributed by atoms with Gasteiger partial charge in [-0.3, -0.25) is 0 Å². The lowest BCUT2D eigenvalue weighted by Gasteiger charge is -2.12. The number of halogens is 2. The first-order valence-electron chi connectivity index (χ1n) is 5.53. The molecule has 0 aliphatic rings. The van der Waals surface area contributed by atoms with Gasteiger partial charge in [0.15, 0.2) is 0 Å². The molecule has 2 aromatic carbocycles. The first-order valence-corrected chi connectivity index (χ1v) is 7.53. The van der Waals surface area contributed by atoms with E-state index < -0.39 is 0 Å². The van der Waals surface area contributed by atoms with Crippen LogP contribution in [0.1, 0.15) is 11.1 Å². The summed E-state index contributed by atoms with van der Waals surface area (Å²) < 4.78 is 7.68. The summed E-state index contributed by atoms with van der Waals surface area (Å²) in [7, 11) is 0. The second-order valence-electron chi connectivity index (χ2n) is 3.89. The Balaban J connectivity index is 2.18. The van der Waals surface area contributed by atoms with Gasteiger partial charge in [-0.25, -0.2) is 0 Å². The third kappa shape index (κ3) is 3.78. The number of hydrogen-bond donors (Lipinski definition) is 1. The number of nitrogens with two attached hydrogens (primary N) is 1. The highest BCUT2D eigenvalue weighted by Crippen LogP contribution is 2.27. The zero-order valence-electron chi connectivity index (χ0n) is 9.90. The number of hydrogen-bond acceptors (Lipinski definition) is 2. The van der Waals surface area contributed by atoms with Crippen molar-refractivity contribution in [2.24, 2.45) is 5.73 Å². The molecule has 0 bridgehead atoms. The molecule has 0 saturated heterocycles. The minimum Gasteiger partial charge on any atom is -0.488 e. The Morgan fingerprint density at radius 2 is 1.79 bits per heavy atom. The molecule has 0 aromatic heterocycles. The summed E-state index contributed by atoms with van der Waals surface area (Å²) in [5.74, 6) is 0.685. The van der Waals surface area contributed by atoms with Crippen LogP contribution < -0.4 is 10.5 Å². The third-order valence-electron chi connectivity index (χ3n) is 2.53. The van der Waals surface area contributed by atoms with Crippen LogP contribution in [0.15, 0.2) is 51.4 Å². The Labute approximate surface area is 134 Å². The summed E-state index contributed by atoms with van der Waals surface area (Å²) in [6.45, 7) is 0.472. The van der Waals surface area contributed by atoms with Crippen molar-refractivity contribution in [3.63, 3.8) is 0 Å². The first kappa shape index (κ1) is 14.5. The quantitative estimate of drug-likeness (QED) is 0.771. The smallest absolute Gasteiger partial charge is 0.131 e. The predicted octanol–water partition coefficient (Wildman–Crippen LogP) is 4.42. The molecule has 0 heterocycles. The van der Waals surface area contributed by atoms with Gasteiger partial charge < -0.3 is 10.5 Å². The lowest BCUT2D eigenvalue weighted by molar-refractivity contribution is 0.305. The second-order valence-corrected chi connectivity index (χ2v) is 6.10. The Hall–Kier alpha value is -0.910. The van der Waals surface area contributed by atoms with E-state index in [1.165, 1.54) is 0 Å². The minimum absolute atomic E-state index is 0.318. The van der Waals surface area contributed by atoms with E-state index in [-0.39, 0.29) is 0 Å². The lowest BCUT2D eigenvalue weighted by Crippen LogP contribution is -2.12. The SMILES string of the molecule is NC(=S)c1c(Br)cccc1OCc1ccc(Br)cc1. The van der Waals surface area contributed by atoms with Gasteiger partial charge in [-0.15, -0.1) is 0 Å². The first-order chi connectivity index (χ1) is 9.08. The topological polar surface area (TPSA) is 35.2 Å². The van der Waals surface area contributed by atoms with Crippen molar-refractivity contribution in [3.05, 3.63) is 62.5 Å². The molecular formula is C14H11Br2NOS. The van der Waals surface area contributed by atoms with Crippen LogP contribution in [0, 0.1) is 0 Å². The van der Waals surface area contributed by atoms with Crippen molar-refractivity contribution >= 4 is 49.1 Å². The Kier molecular flexibility index (Phi) is 4.96. The maximum atomic E-state index is 5.79. The van der Waals surface area contributed by atoms with Crippen LogP contribution in [-0.2, 0) is 6.61 Å². The maximum Gasteiger partial charge on any atom is 0.131 e. The third-order valence-corrected chi connectivity index (χ3v) is 3.92. The van der Waals surface area contributed by atoms with Gasteiger partial charge in [-0.2, -0.15) is 0 Å². The molecule has 0 radical (unpaired) electrons. The largest absolute Gasteiger partial charge is 0.488 e. The average Bonchev–Trinajstić information content (AvgIpc) is 2.37. The van der Waals surface area contributed by atoms with Crippen LogP contribution in [-0.4, -0.2) is 4.99 Å². The number of rotatable bonds is 4. The summed E-state index contributed by atoms with van der Waals surface area (Å²) in [6.07, 6.45) is 0. The molecule has 5 heteroatoms. The van der Waals surface area contributed by atoms with Crippen LogP contribution >= 0.6 is 44.1 Å². The Morgan fingerprint density at radius 1 is 1.11 bits per heavy atom. The fraction of sp³-hybridized carbons (Fsp3) is 0.0714. The van der Waals surface area contributed by atoms with Gasteiger partial charge in [0.2, 0.25) is 0 Å². The molecule has 2 rings (SSSR count). The van der Waals surface area contributed by atoms with Crippen LogP contribution in [0.2, 0.25) is 0 Å². The predicted molar refractivity (Wildman–Crippen MR) is 88.5 cm³/mol. The van der Waals surface area contributed by atoms with Gasteiger partial charge in [-0.05, 0) is 45.8 Å². The number of thiocarbonyl (C=S) groups is 1. The van der Waals surface area contributed by atoms with E-state index in [4.69, 9.17) is 22.7 Å². The zero-order valence-corrected chi connectivity index (χ0v) is 13.9. The fourth-order valence-electron chi connectivity index (χ4n) is 1.61. The van der Waals surface area contributed by atoms with E-state index >= 15 is 0 Å². The maximum absolute atomic E-state index is 5.79. The summed E-state index contributed by atoms with van der Waals surface area (Å²) in [5.41, 5.74) is 7.53. The molecule has 0 amide bonds. The van der Waals surface area contributed by atoms with Crippen LogP contribution in [0.25, 0.3) is 0 Å². The van der Waals surface area contributed by atoms with Crippen molar-refractivity contribution in [1.82, 2.24) is 0 Å². The van der Waals surface area contributed by atoms with Gasteiger partial charge >= 0.3 is 0 Å².